The van der Waals surface area contributed by atoms with Gasteiger partial charge in [0.2, 0.25) is 5.91 Å². The van der Waals surface area contributed by atoms with Crippen molar-refractivity contribution in [2.45, 2.75) is 56.8 Å². The van der Waals surface area contributed by atoms with E-state index < -0.39 is 5.66 Å². The Labute approximate surface area is 211 Å². The summed E-state index contributed by atoms with van der Waals surface area (Å²) in [5, 5.41) is 5.71. The minimum Gasteiger partial charge on any atom is -0.338 e. The molecule has 35 heavy (non-hydrogen) atoms. The number of nitrogens with one attached hydrogen (secondary N) is 1. The maximum atomic E-state index is 13.8. The molecule has 2 aromatic carbocycles. The Kier molecular flexibility index (Phi) is 7.02. The molecule has 3 heterocycles. The molecule has 0 radical (unpaired) electrons. The Balaban J connectivity index is 1.34. The van der Waals surface area contributed by atoms with Gasteiger partial charge in [-0.2, -0.15) is 0 Å². The molecule has 5 nitrogen and oxygen atoms in total. The fourth-order valence-electron chi connectivity index (χ4n) is 5.63. The SMILES string of the molecule is C[C@@H](CCc1ccccc1)N1C(=O)[C@@H](Cc2ccccc2)NC12CCN(C(=O)c1cccs1)CC2. The molecule has 5 rings (SSSR count). The predicted molar refractivity (Wildman–Crippen MR) is 140 cm³/mol. The van der Waals surface area contributed by atoms with Gasteiger partial charge in [-0.3, -0.25) is 14.9 Å². The minimum atomic E-state index is -0.404. The van der Waals surface area contributed by atoms with Crippen LogP contribution in [0.1, 0.15) is 47.0 Å². The fraction of sp³-hybridized carbons (Fsp3) is 0.379. The van der Waals surface area contributed by atoms with E-state index in [-0.39, 0.29) is 23.9 Å². The number of carbonyl (C=O) groups excluding carboxylic acids is 2. The molecule has 2 fully saturated rings. The van der Waals surface area contributed by atoms with Gasteiger partial charge in [0.25, 0.3) is 5.91 Å². The number of hydrogen-bond acceptors (Lipinski definition) is 4. The molecule has 2 atom stereocenters. The molecule has 1 N–H and O–H groups in total. The lowest BCUT2D eigenvalue weighted by Gasteiger charge is -2.47. The van der Waals surface area contributed by atoms with Crippen LogP contribution in [0.3, 0.4) is 0 Å². The van der Waals surface area contributed by atoms with Gasteiger partial charge in [-0.15, -0.1) is 11.3 Å². The Hall–Kier alpha value is -2.96. The van der Waals surface area contributed by atoms with Crippen LogP contribution in [0.4, 0.5) is 0 Å². The number of amides is 2. The molecule has 2 aliphatic heterocycles. The van der Waals surface area contributed by atoms with E-state index in [1.54, 1.807) is 0 Å². The lowest BCUT2D eigenvalue weighted by Crippen LogP contribution is -2.61. The predicted octanol–water partition coefficient (Wildman–Crippen LogP) is 4.74. The molecule has 2 aliphatic rings. The molecule has 182 valence electrons. The second kappa shape index (κ2) is 10.3. The summed E-state index contributed by atoms with van der Waals surface area (Å²) in [7, 11) is 0. The number of carbonyl (C=O) groups is 2. The average Bonchev–Trinajstić information content (AvgIpc) is 3.51. The molecular formula is C29H33N3O2S. The van der Waals surface area contributed by atoms with Crippen LogP contribution in [0.5, 0.6) is 0 Å². The van der Waals surface area contributed by atoms with Crippen LogP contribution in [0.25, 0.3) is 0 Å². The van der Waals surface area contributed by atoms with Crippen molar-refractivity contribution in [2.75, 3.05) is 13.1 Å². The number of nitrogens with zero attached hydrogens (tertiary/aromatic N) is 2. The van der Waals surface area contributed by atoms with Crippen molar-refractivity contribution in [3.8, 4) is 0 Å². The zero-order chi connectivity index (χ0) is 24.3. The van der Waals surface area contributed by atoms with Gasteiger partial charge >= 0.3 is 0 Å². The van der Waals surface area contributed by atoms with Gasteiger partial charge in [0, 0.05) is 32.0 Å². The van der Waals surface area contributed by atoms with E-state index in [0.717, 1.165) is 36.1 Å². The van der Waals surface area contributed by atoms with Gasteiger partial charge in [-0.05, 0) is 48.8 Å². The summed E-state index contributed by atoms with van der Waals surface area (Å²) in [5.41, 5.74) is 2.06. The van der Waals surface area contributed by atoms with Crippen molar-refractivity contribution in [3.63, 3.8) is 0 Å². The molecule has 1 spiro atoms. The smallest absolute Gasteiger partial charge is 0.263 e. The van der Waals surface area contributed by atoms with E-state index in [2.05, 4.69) is 53.5 Å². The average molecular weight is 488 g/mol. The first-order chi connectivity index (χ1) is 17.1. The van der Waals surface area contributed by atoms with Crippen molar-refractivity contribution in [1.82, 2.24) is 15.1 Å². The summed E-state index contributed by atoms with van der Waals surface area (Å²) < 4.78 is 0. The monoisotopic (exact) mass is 487 g/mol. The third-order valence-corrected chi connectivity index (χ3v) is 8.32. The molecule has 6 heteroatoms. The maximum Gasteiger partial charge on any atom is 0.263 e. The van der Waals surface area contributed by atoms with E-state index in [0.29, 0.717) is 19.5 Å². The van der Waals surface area contributed by atoms with Gasteiger partial charge in [-0.25, -0.2) is 0 Å². The largest absolute Gasteiger partial charge is 0.338 e. The van der Waals surface area contributed by atoms with Gasteiger partial charge in [0.1, 0.15) is 0 Å². The molecule has 0 bridgehead atoms. The van der Waals surface area contributed by atoms with Crippen LogP contribution >= 0.6 is 11.3 Å². The standard InChI is InChI=1S/C29H33N3O2S/c1-22(14-15-23-9-4-2-5-10-23)32-27(33)25(21-24-11-6-3-7-12-24)30-29(32)16-18-31(19-17-29)28(34)26-13-8-20-35-26/h2-13,20,22,25,30H,14-19,21H2,1H3/t22-,25+/m0/s1. The van der Waals surface area contributed by atoms with Crippen molar-refractivity contribution in [1.29, 1.82) is 0 Å². The number of likely N-dealkylation sites (tertiary alicyclic amines) is 1. The Morgan fingerprint density at radius 1 is 1.00 bits per heavy atom. The van der Waals surface area contributed by atoms with Crippen molar-refractivity contribution >= 4 is 23.2 Å². The molecule has 2 amide bonds. The van der Waals surface area contributed by atoms with Crippen LogP contribution in [0.2, 0.25) is 0 Å². The van der Waals surface area contributed by atoms with E-state index in [9.17, 15) is 9.59 Å². The Bertz CT molecular complexity index is 1130. The van der Waals surface area contributed by atoms with E-state index in [1.165, 1.54) is 16.9 Å². The molecule has 0 aliphatic carbocycles. The summed E-state index contributed by atoms with van der Waals surface area (Å²) in [5.74, 6) is 0.288. The van der Waals surface area contributed by atoms with Crippen molar-refractivity contribution in [2.24, 2.45) is 0 Å². The highest BCUT2D eigenvalue weighted by atomic mass is 32.1. The van der Waals surface area contributed by atoms with Gasteiger partial charge in [0.05, 0.1) is 16.6 Å². The molecular weight excluding hydrogens is 454 g/mol. The summed E-state index contributed by atoms with van der Waals surface area (Å²) in [6.07, 6.45) is 4.03. The zero-order valence-corrected chi connectivity index (χ0v) is 21.0. The Morgan fingerprint density at radius 2 is 1.66 bits per heavy atom. The van der Waals surface area contributed by atoms with Crippen LogP contribution in [0, 0.1) is 0 Å². The first-order valence-corrected chi connectivity index (χ1v) is 13.5. The van der Waals surface area contributed by atoms with Gasteiger partial charge < -0.3 is 9.80 Å². The molecule has 1 aromatic heterocycles. The van der Waals surface area contributed by atoms with E-state index in [1.807, 2.05) is 46.7 Å². The van der Waals surface area contributed by atoms with E-state index >= 15 is 0 Å². The number of hydrogen-bond donors (Lipinski definition) is 1. The topological polar surface area (TPSA) is 52.7 Å². The molecule has 3 aromatic rings. The normalized spacial score (nSPS) is 20.4. The highest BCUT2D eigenvalue weighted by molar-refractivity contribution is 7.12. The van der Waals surface area contributed by atoms with Crippen LogP contribution in [-0.4, -0.2) is 52.5 Å². The van der Waals surface area contributed by atoms with Gasteiger partial charge in [0.15, 0.2) is 0 Å². The quantitative estimate of drug-likeness (QED) is 0.524. The summed E-state index contributed by atoms with van der Waals surface area (Å²) in [4.78, 5) is 31.6. The summed E-state index contributed by atoms with van der Waals surface area (Å²) >= 11 is 1.49. The van der Waals surface area contributed by atoms with Crippen LogP contribution in [-0.2, 0) is 17.6 Å². The second-order valence-corrected chi connectivity index (χ2v) is 10.7. The second-order valence-electron chi connectivity index (χ2n) is 9.77. The highest BCUT2D eigenvalue weighted by Crippen LogP contribution is 2.36. The highest BCUT2D eigenvalue weighted by Gasteiger charge is 2.53. The van der Waals surface area contributed by atoms with Crippen molar-refractivity contribution in [3.05, 3.63) is 94.2 Å². The first kappa shape index (κ1) is 23.8. The lowest BCUT2D eigenvalue weighted by atomic mass is 9.93. The first-order valence-electron chi connectivity index (χ1n) is 12.6. The third kappa shape index (κ3) is 5.04. The Morgan fingerprint density at radius 3 is 2.29 bits per heavy atom. The van der Waals surface area contributed by atoms with Crippen LogP contribution in [0.15, 0.2) is 78.2 Å². The summed E-state index contributed by atoms with van der Waals surface area (Å²) in [6, 6.07) is 24.4. The molecule has 2 saturated heterocycles. The molecule has 0 unspecified atom stereocenters. The number of thiophene rings is 1. The lowest BCUT2D eigenvalue weighted by molar-refractivity contribution is -0.136. The maximum absolute atomic E-state index is 13.8. The van der Waals surface area contributed by atoms with Crippen LogP contribution < -0.4 is 5.32 Å². The minimum absolute atomic E-state index is 0.101. The summed E-state index contributed by atoms with van der Waals surface area (Å²) in [6.45, 7) is 3.48. The third-order valence-electron chi connectivity index (χ3n) is 7.47. The van der Waals surface area contributed by atoms with Crippen molar-refractivity contribution < 1.29 is 9.59 Å². The fourth-order valence-corrected chi connectivity index (χ4v) is 6.32. The number of aryl methyl sites for hydroxylation is 1. The number of rotatable bonds is 7. The molecule has 0 saturated carbocycles. The zero-order valence-electron chi connectivity index (χ0n) is 20.2. The number of piperidine rings is 1. The van der Waals surface area contributed by atoms with Gasteiger partial charge in [-0.1, -0.05) is 66.7 Å². The van der Waals surface area contributed by atoms with E-state index in [4.69, 9.17) is 0 Å². The number of benzene rings is 2.